The maximum Gasteiger partial charge on any atom is 0.224 e. The number of piperidine rings is 1. The molecule has 1 amide bonds. The third-order valence-electron chi connectivity index (χ3n) is 3.74. The average molecular weight is 276 g/mol. The summed E-state index contributed by atoms with van der Waals surface area (Å²) in [7, 11) is 0. The Bertz CT molecular complexity index is 484. The zero-order valence-corrected chi connectivity index (χ0v) is 11.5. The van der Waals surface area contributed by atoms with Crippen LogP contribution in [0.15, 0.2) is 18.2 Å². The van der Waals surface area contributed by atoms with Gasteiger partial charge in [0.25, 0.3) is 0 Å². The average Bonchev–Trinajstić information content (AvgIpc) is 2.53. The van der Waals surface area contributed by atoms with Gasteiger partial charge >= 0.3 is 0 Å². The van der Waals surface area contributed by atoms with Crippen molar-refractivity contribution in [2.45, 2.75) is 19.4 Å². The van der Waals surface area contributed by atoms with Crippen molar-refractivity contribution in [3.63, 3.8) is 0 Å². The normalized spacial score (nSPS) is 21.3. The summed E-state index contributed by atoms with van der Waals surface area (Å²) in [5.41, 5.74) is 1.03. The van der Waals surface area contributed by atoms with E-state index in [9.17, 15) is 4.79 Å². The predicted octanol–water partition coefficient (Wildman–Crippen LogP) is 1.07. The monoisotopic (exact) mass is 276 g/mol. The largest absolute Gasteiger partial charge is 0.486 e. The molecule has 0 bridgehead atoms. The minimum absolute atomic E-state index is 0.0981. The summed E-state index contributed by atoms with van der Waals surface area (Å²) in [5.74, 6) is 1.78. The second-order valence-corrected chi connectivity index (χ2v) is 5.24. The molecule has 0 radical (unpaired) electrons. The van der Waals surface area contributed by atoms with Gasteiger partial charge in [0.15, 0.2) is 11.5 Å². The second kappa shape index (κ2) is 6.13. The minimum atomic E-state index is 0.0981. The van der Waals surface area contributed by atoms with Crippen molar-refractivity contribution in [3.05, 3.63) is 23.8 Å². The highest BCUT2D eigenvalue weighted by molar-refractivity contribution is 5.79. The molecule has 3 rings (SSSR count). The Balaban J connectivity index is 1.56. The van der Waals surface area contributed by atoms with Crippen LogP contribution in [0.4, 0.5) is 0 Å². The summed E-state index contributed by atoms with van der Waals surface area (Å²) >= 11 is 0. The number of rotatable bonds is 3. The van der Waals surface area contributed by atoms with Crippen molar-refractivity contribution in [3.8, 4) is 11.5 Å². The van der Waals surface area contributed by atoms with E-state index in [1.807, 2.05) is 18.2 Å². The van der Waals surface area contributed by atoms with Gasteiger partial charge in [-0.1, -0.05) is 6.07 Å². The lowest BCUT2D eigenvalue weighted by atomic mass is 9.99. The number of fused-ring (bicyclic) bond motifs is 1. The molecule has 20 heavy (non-hydrogen) atoms. The van der Waals surface area contributed by atoms with Crippen LogP contribution in [0.3, 0.4) is 0 Å². The summed E-state index contributed by atoms with van der Waals surface area (Å²) in [4.78, 5) is 12.1. The van der Waals surface area contributed by atoms with Crippen LogP contribution in [0.25, 0.3) is 0 Å². The molecular formula is C15H20N2O3. The van der Waals surface area contributed by atoms with Gasteiger partial charge in [-0.3, -0.25) is 4.79 Å². The third-order valence-corrected chi connectivity index (χ3v) is 3.74. The van der Waals surface area contributed by atoms with Crippen molar-refractivity contribution >= 4 is 5.91 Å². The Labute approximate surface area is 118 Å². The number of hydrogen-bond acceptors (Lipinski definition) is 4. The van der Waals surface area contributed by atoms with Crippen molar-refractivity contribution in [2.75, 3.05) is 26.3 Å². The smallest absolute Gasteiger partial charge is 0.224 e. The number of carbonyl (C=O) groups excluding carboxylic acids is 1. The highest BCUT2D eigenvalue weighted by Crippen LogP contribution is 2.30. The highest BCUT2D eigenvalue weighted by Gasteiger charge is 2.20. The van der Waals surface area contributed by atoms with E-state index in [4.69, 9.17) is 9.47 Å². The fourth-order valence-electron chi connectivity index (χ4n) is 2.61. The molecule has 1 aromatic rings. The van der Waals surface area contributed by atoms with Crippen LogP contribution in [-0.4, -0.2) is 32.2 Å². The number of nitrogens with one attached hydrogen (secondary N) is 2. The highest BCUT2D eigenvalue weighted by atomic mass is 16.6. The molecule has 1 fully saturated rings. The zero-order chi connectivity index (χ0) is 13.8. The quantitative estimate of drug-likeness (QED) is 0.867. The lowest BCUT2D eigenvalue weighted by Gasteiger charge is -2.22. The number of amides is 1. The van der Waals surface area contributed by atoms with E-state index >= 15 is 0 Å². The Hall–Kier alpha value is -1.75. The molecular weight excluding hydrogens is 256 g/mol. The Morgan fingerprint density at radius 2 is 2.15 bits per heavy atom. The lowest BCUT2D eigenvalue weighted by Crippen LogP contribution is -2.40. The van der Waals surface area contributed by atoms with Gasteiger partial charge in [0.2, 0.25) is 5.91 Å². The van der Waals surface area contributed by atoms with Crippen molar-refractivity contribution in [1.29, 1.82) is 0 Å². The number of ether oxygens (including phenoxy) is 2. The first-order valence-corrected chi connectivity index (χ1v) is 7.20. The summed E-state index contributed by atoms with van der Waals surface area (Å²) in [6, 6.07) is 5.80. The van der Waals surface area contributed by atoms with Crippen LogP contribution in [0.1, 0.15) is 18.4 Å². The molecule has 0 saturated carbocycles. The fraction of sp³-hybridized carbons (Fsp3) is 0.533. The third kappa shape index (κ3) is 3.04. The molecule has 5 nitrogen and oxygen atoms in total. The van der Waals surface area contributed by atoms with Gasteiger partial charge in [0, 0.05) is 13.1 Å². The molecule has 0 aromatic heterocycles. The summed E-state index contributed by atoms with van der Waals surface area (Å²) in [6.07, 6.45) is 2.04. The Morgan fingerprint density at radius 3 is 2.95 bits per heavy atom. The van der Waals surface area contributed by atoms with Gasteiger partial charge in [0.1, 0.15) is 13.2 Å². The molecule has 1 saturated heterocycles. The van der Waals surface area contributed by atoms with Gasteiger partial charge in [0.05, 0.1) is 5.92 Å². The van der Waals surface area contributed by atoms with Crippen LogP contribution in [0.2, 0.25) is 0 Å². The zero-order valence-electron chi connectivity index (χ0n) is 11.5. The minimum Gasteiger partial charge on any atom is -0.486 e. The number of hydrogen-bond donors (Lipinski definition) is 2. The summed E-state index contributed by atoms with van der Waals surface area (Å²) in [5, 5.41) is 6.26. The molecule has 1 atom stereocenters. The maximum absolute atomic E-state index is 12.1. The first kappa shape index (κ1) is 13.2. The van der Waals surface area contributed by atoms with E-state index in [1.54, 1.807) is 0 Å². The van der Waals surface area contributed by atoms with E-state index in [1.165, 1.54) is 0 Å². The van der Waals surface area contributed by atoms with Crippen molar-refractivity contribution < 1.29 is 14.3 Å². The number of benzene rings is 1. The predicted molar refractivity (Wildman–Crippen MR) is 74.9 cm³/mol. The lowest BCUT2D eigenvalue weighted by molar-refractivity contribution is -0.125. The van der Waals surface area contributed by atoms with Gasteiger partial charge < -0.3 is 20.1 Å². The molecule has 2 aliphatic heterocycles. The van der Waals surface area contributed by atoms with Crippen LogP contribution >= 0.6 is 0 Å². The van der Waals surface area contributed by atoms with E-state index in [0.29, 0.717) is 19.8 Å². The molecule has 1 aromatic carbocycles. The Morgan fingerprint density at radius 1 is 1.30 bits per heavy atom. The van der Waals surface area contributed by atoms with Crippen LogP contribution < -0.4 is 20.1 Å². The van der Waals surface area contributed by atoms with Crippen LogP contribution in [0, 0.1) is 5.92 Å². The standard InChI is InChI=1S/C15H20N2O3/c18-15(12-2-1-5-16-10-12)17-9-11-3-4-13-14(8-11)20-7-6-19-13/h3-4,8,12,16H,1-2,5-7,9-10H2,(H,17,18)/t12-/m0/s1. The first-order valence-electron chi connectivity index (χ1n) is 7.20. The molecule has 0 aliphatic carbocycles. The Kier molecular flexibility index (Phi) is 4.06. The molecule has 2 heterocycles. The molecule has 0 spiro atoms. The first-order chi connectivity index (χ1) is 9.83. The molecule has 2 N–H and O–H groups in total. The van der Waals surface area contributed by atoms with Crippen LogP contribution in [0.5, 0.6) is 11.5 Å². The van der Waals surface area contributed by atoms with E-state index < -0.39 is 0 Å². The van der Waals surface area contributed by atoms with Gasteiger partial charge in [-0.05, 0) is 37.1 Å². The summed E-state index contributed by atoms with van der Waals surface area (Å²) < 4.78 is 11.0. The molecule has 5 heteroatoms. The van der Waals surface area contributed by atoms with E-state index in [-0.39, 0.29) is 11.8 Å². The topological polar surface area (TPSA) is 59.6 Å². The van der Waals surface area contributed by atoms with E-state index in [2.05, 4.69) is 10.6 Å². The summed E-state index contributed by atoms with van der Waals surface area (Å²) in [6.45, 7) is 3.51. The molecule has 108 valence electrons. The van der Waals surface area contributed by atoms with Crippen molar-refractivity contribution in [2.24, 2.45) is 5.92 Å². The van der Waals surface area contributed by atoms with Gasteiger partial charge in [-0.25, -0.2) is 0 Å². The second-order valence-electron chi connectivity index (χ2n) is 5.24. The molecule has 2 aliphatic rings. The maximum atomic E-state index is 12.1. The van der Waals surface area contributed by atoms with Crippen molar-refractivity contribution in [1.82, 2.24) is 10.6 Å². The van der Waals surface area contributed by atoms with Gasteiger partial charge in [-0.2, -0.15) is 0 Å². The van der Waals surface area contributed by atoms with E-state index in [0.717, 1.165) is 43.0 Å². The van der Waals surface area contributed by atoms with Gasteiger partial charge in [-0.15, -0.1) is 0 Å². The fourth-order valence-corrected chi connectivity index (χ4v) is 2.61. The number of carbonyl (C=O) groups is 1. The van der Waals surface area contributed by atoms with Crippen LogP contribution in [-0.2, 0) is 11.3 Å². The SMILES string of the molecule is O=C(NCc1ccc2c(c1)OCCO2)[C@H]1CCCNC1. The molecule has 0 unspecified atom stereocenters.